The normalized spacial score (nSPS) is 17.8. The van der Waals surface area contributed by atoms with Crippen molar-refractivity contribution in [2.75, 3.05) is 25.6 Å². The molecule has 2 nitrogen and oxygen atoms in total. The Balaban J connectivity index is 1.65. The second-order valence-corrected chi connectivity index (χ2v) is 6.92. The molecular weight excluding hydrogens is 278 g/mol. The average Bonchev–Trinajstić information content (AvgIpc) is 2.54. The van der Waals surface area contributed by atoms with E-state index in [0.29, 0.717) is 6.10 Å². The highest BCUT2D eigenvalue weighted by Gasteiger charge is 2.13. The van der Waals surface area contributed by atoms with Crippen molar-refractivity contribution in [1.82, 2.24) is 4.90 Å². The number of hydrogen-bond donors (Lipinski definition) is 0. The SMILES string of the molecule is CCCC(CSCc1ccccc1)OCN1CCCCC1. The fraction of sp³-hybridized carbons (Fsp3) is 0.667. The van der Waals surface area contributed by atoms with Crippen LogP contribution in [0.25, 0.3) is 0 Å². The quantitative estimate of drug-likeness (QED) is 0.664. The number of rotatable bonds is 9. The predicted octanol–water partition coefficient (Wildman–Crippen LogP) is 4.55. The molecule has 1 aliphatic rings. The van der Waals surface area contributed by atoms with Gasteiger partial charge < -0.3 is 4.74 Å². The molecule has 0 aromatic heterocycles. The molecule has 1 atom stereocenters. The van der Waals surface area contributed by atoms with Gasteiger partial charge in [-0.2, -0.15) is 11.8 Å². The zero-order chi connectivity index (χ0) is 14.8. The van der Waals surface area contributed by atoms with Crippen LogP contribution >= 0.6 is 11.8 Å². The van der Waals surface area contributed by atoms with Crippen LogP contribution in [0.4, 0.5) is 0 Å². The van der Waals surface area contributed by atoms with Crippen molar-refractivity contribution < 1.29 is 4.74 Å². The van der Waals surface area contributed by atoms with Gasteiger partial charge in [-0.3, -0.25) is 4.90 Å². The molecule has 1 fully saturated rings. The lowest BCUT2D eigenvalue weighted by molar-refractivity contribution is -0.0223. The van der Waals surface area contributed by atoms with Gasteiger partial charge in [0.25, 0.3) is 0 Å². The van der Waals surface area contributed by atoms with Gasteiger partial charge in [0.15, 0.2) is 0 Å². The first-order chi connectivity index (χ1) is 10.4. The Morgan fingerprint density at radius 3 is 2.62 bits per heavy atom. The minimum absolute atomic E-state index is 0.408. The summed E-state index contributed by atoms with van der Waals surface area (Å²) < 4.78 is 6.17. The van der Waals surface area contributed by atoms with E-state index in [-0.39, 0.29) is 0 Å². The van der Waals surface area contributed by atoms with E-state index in [1.165, 1.54) is 50.8 Å². The third-order valence-corrected chi connectivity index (χ3v) is 5.11. The fourth-order valence-electron chi connectivity index (χ4n) is 2.72. The molecule has 0 spiro atoms. The van der Waals surface area contributed by atoms with Gasteiger partial charge in [0.1, 0.15) is 0 Å². The van der Waals surface area contributed by atoms with Gasteiger partial charge in [-0.1, -0.05) is 50.1 Å². The monoisotopic (exact) mass is 307 g/mol. The molecule has 0 radical (unpaired) electrons. The summed E-state index contributed by atoms with van der Waals surface area (Å²) in [4.78, 5) is 2.47. The molecular formula is C18H29NOS. The molecule has 21 heavy (non-hydrogen) atoms. The van der Waals surface area contributed by atoms with E-state index in [0.717, 1.165) is 18.2 Å². The van der Waals surface area contributed by atoms with E-state index in [1.54, 1.807) is 0 Å². The largest absolute Gasteiger partial charge is 0.362 e. The Bertz CT molecular complexity index is 365. The Labute approximate surface area is 134 Å². The van der Waals surface area contributed by atoms with E-state index in [9.17, 15) is 0 Å². The van der Waals surface area contributed by atoms with Crippen molar-refractivity contribution >= 4 is 11.8 Å². The maximum absolute atomic E-state index is 6.17. The van der Waals surface area contributed by atoms with Gasteiger partial charge in [0.2, 0.25) is 0 Å². The highest BCUT2D eigenvalue weighted by molar-refractivity contribution is 7.98. The van der Waals surface area contributed by atoms with Crippen LogP contribution in [0.5, 0.6) is 0 Å². The number of ether oxygens (including phenoxy) is 1. The summed E-state index contributed by atoms with van der Waals surface area (Å²) in [7, 11) is 0. The van der Waals surface area contributed by atoms with E-state index in [1.807, 2.05) is 11.8 Å². The van der Waals surface area contributed by atoms with Crippen LogP contribution in [-0.4, -0.2) is 36.6 Å². The van der Waals surface area contributed by atoms with Gasteiger partial charge >= 0.3 is 0 Å². The second-order valence-electron chi connectivity index (χ2n) is 5.89. The van der Waals surface area contributed by atoms with Crippen LogP contribution in [0, 0.1) is 0 Å². The first kappa shape index (κ1) is 16.9. The second kappa shape index (κ2) is 10.3. The molecule has 0 amide bonds. The maximum atomic E-state index is 6.17. The number of piperidine rings is 1. The first-order valence-corrected chi connectivity index (χ1v) is 9.49. The zero-order valence-electron chi connectivity index (χ0n) is 13.3. The van der Waals surface area contributed by atoms with Crippen LogP contribution in [0.1, 0.15) is 44.6 Å². The van der Waals surface area contributed by atoms with E-state index < -0.39 is 0 Å². The van der Waals surface area contributed by atoms with Crippen LogP contribution in [0.2, 0.25) is 0 Å². The smallest absolute Gasteiger partial charge is 0.0994 e. The summed E-state index contributed by atoms with van der Waals surface area (Å²) in [5, 5.41) is 0. The maximum Gasteiger partial charge on any atom is 0.0994 e. The van der Waals surface area contributed by atoms with Crippen molar-refractivity contribution in [3.63, 3.8) is 0 Å². The molecule has 1 saturated heterocycles. The Morgan fingerprint density at radius 1 is 1.14 bits per heavy atom. The third kappa shape index (κ3) is 6.86. The first-order valence-electron chi connectivity index (χ1n) is 8.34. The van der Waals surface area contributed by atoms with Crippen molar-refractivity contribution in [2.24, 2.45) is 0 Å². The summed E-state index contributed by atoms with van der Waals surface area (Å²) in [6, 6.07) is 10.7. The number of nitrogens with zero attached hydrogens (tertiary/aromatic N) is 1. The zero-order valence-corrected chi connectivity index (χ0v) is 14.1. The minimum atomic E-state index is 0.408. The van der Waals surface area contributed by atoms with Gasteiger partial charge in [-0.05, 0) is 24.8 Å². The highest BCUT2D eigenvalue weighted by atomic mass is 32.2. The lowest BCUT2D eigenvalue weighted by Gasteiger charge is -2.28. The number of likely N-dealkylation sites (tertiary alicyclic amines) is 1. The Kier molecular flexibility index (Phi) is 8.23. The Morgan fingerprint density at radius 2 is 1.90 bits per heavy atom. The molecule has 0 aliphatic carbocycles. The molecule has 1 heterocycles. The molecule has 1 aromatic rings. The lowest BCUT2D eigenvalue weighted by atomic mass is 10.1. The van der Waals surface area contributed by atoms with Crippen LogP contribution < -0.4 is 0 Å². The topological polar surface area (TPSA) is 12.5 Å². The average molecular weight is 308 g/mol. The minimum Gasteiger partial charge on any atom is -0.362 e. The van der Waals surface area contributed by atoms with E-state index in [2.05, 4.69) is 42.2 Å². The third-order valence-electron chi connectivity index (χ3n) is 3.97. The molecule has 1 aromatic carbocycles. The molecule has 0 saturated carbocycles. The molecule has 0 N–H and O–H groups in total. The van der Waals surface area contributed by atoms with Crippen molar-refractivity contribution in [1.29, 1.82) is 0 Å². The standard InChI is InChI=1S/C18H29NOS/c1-2-9-18(20-16-19-12-7-4-8-13-19)15-21-14-17-10-5-3-6-11-17/h3,5-6,10-11,18H,2,4,7-9,12-16H2,1H3. The fourth-order valence-corrected chi connectivity index (χ4v) is 3.79. The number of hydrogen-bond acceptors (Lipinski definition) is 3. The van der Waals surface area contributed by atoms with Crippen molar-refractivity contribution in [2.45, 2.75) is 50.9 Å². The number of thioether (sulfide) groups is 1. The molecule has 0 bridgehead atoms. The van der Waals surface area contributed by atoms with Gasteiger partial charge in [-0.25, -0.2) is 0 Å². The van der Waals surface area contributed by atoms with E-state index >= 15 is 0 Å². The lowest BCUT2D eigenvalue weighted by Crippen LogP contribution is -2.34. The summed E-state index contributed by atoms with van der Waals surface area (Å²) in [6.45, 7) is 5.52. The summed E-state index contributed by atoms with van der Waals surface area (Å²) in [5.41, 5.74) is 1.41. The Hall–Kier alpha value is -0.510. The molecule has 1 aliphatic heterocycles. The molecule has 1 unspecified atom stereocenters. The van der Waals surface area contributed by atoms with Crippen LogP contribution in [-0.2, 0) is 10.5 Å². The van der Waals surface area contributed by atoms with Crippen molar-refractivity contribution in [3.05, 3.63) is 35.9 Å². The molecule has 2 rings (SSSR count). The summed E-state index contributed by atoms with van der Waals surface area (Å²) in [6.07, 6.45) is 6.86. The molecule has 3 heteroatoms. The summed E-state index contributed by atoms with van der Waals surface area (Å²) in [5.74, 6) is 2.20. The van der Waals surface area contributed by atoms with Crippen LogP contribution in [0.3, 0.4) is 0 Å². The highest BCUT2D eigenvalue weighted by Crippen LogP contribution is 2.17. The van der Waals surface area contributed by atoms with Gasteiger partial charge in [-0.15, -0.1) is 0 Å². The predicted molar refractivity (Wildman–Crippen MR) is 92.7 cm³/mol. The van der Waals surface area contributed by atoms with Crippen molar-refractivity contribution in [3.8, 4) is 0 Å². The van der Waals surface area contributed by atoms with Crippen LogP contribution in [0.15, 0.2) is 30.3 Å². The van der Waals surface area contributed by atoms with E-state index in [4.69, 9.17) is 4.74 Å². The number of benzene rings is 1. The molecule has 118 valence electrons. The van der Waals surface area contributed by atoms with Gasteiger partial charge in [0, 0.05) is 24.6 Å². The van der Waals surface area contributed by atoms with Gasteiger partial charge in [0.05, 0.1) is 12.8 Å². The summed E-state index contributed by atoms with van der Waals surface area (Å²) >= 11 is 2.00.